The van der Waals surface area contributed by atoms with E-state index < -0.39 is 35.0 Å². The van der Waals surface area contributed by atoms with E-state index in [0.717, 1.165) is 19.3 Å². The van der Waals surface area contributed by atoms with Gasteiger partial charge in [0.05, 0.1) is 11.3 Å². The number of benzene rings is 1. The standard InChI is InChI=1S/C12H9F6NO3.C10H20O/c1-7(21)19(6-20)9-4-2-8(3-5-9)10(22,11(13,14)15)12(16,17)18;1-7-5-6-10(4,11)9(3)8(7)2/h2-6,22H,1H3;7-9,11H,5-6H2,1-4H3/t;7?,8-,9?,10?/m.0/s1. The fraction of sp³-hybridized carbons (Fsp3) is 0.636. The maximum Gasteiger partial charge on any atom is 0.430 e. The first-order valence-corrected chi connectivity index (χ1v) is 10.2. The smallest absolute Gasteiger partial charge is 0.390 e. The highest BCUT2D eigenvalue weighted by molar-refractivity contribution is 6.05. The number of hydrogen-bond acceptors (Lipinski definition) is 4. The lowest BCUT2D eigenvalue weighted by Gasteiger charge is -2.42. The Morgan fingerprint density at radius 2 is 1.52 bits per heavy atom. The number of rotatable bonds is 3. The zero-order valence-corrected chi connectivity index (χ0v) is 19.0. The van der Waals surface area contributed by atoms with Gasteiger partial charge in [0.15, 0.2) is 0 Å². The summed E-state index contributed by atoms with van der Waals surface area (Å²) in [5, 5.41) is 19.1. The van der Waals surface area contributed by atoms with Gasteiger partial charge < -0.3 is 10.2 Å². The topological polar surface area (TPSA) is 77.8 Å². The third-order valence-corrected chi connectivity index (χ3v) is 6.60. The minimum atomic E-state index is -6.00. The van der Waals surface area contributed by atoms with Gasteiger partial charge in [0.2, 0.25) is 12.3 Å². The molecule has 2 N–H and O–H groups in total. The van der Waals surface area contributed by atoms with Crippen LogP contribution in [0.5, 0.6) is 0 Å². The van der Waals surface area contributed by atoms with Gasteiger partial charge in [0.25, 0.3) is 5.60 Å². The molecule has 0 spiro atoms. The second kappa shape index (κ2) is 10.0. The molecule has 1 aliphatic carbocycles. The van der Waals surface area contributed by atoms with Gasteiger partial charge in [-0.05, 0) is 49.7 Å². The van der Waals surface area contributed by atoms with Crippen LogP contribution in [0.4, 0.5) is 32.0 Å². The van der Waals surface area contributed by atoms with Crippen molar-refractivity contribution in [2.75, 3.05) is 4.90 Å². The molecule has 3 unspecified atom stereocenters. The van der Waals surface area contributed by atoms with Crippen LogP contribution in [0.1, 0.15) is 53.0 Å². The molecule has 188 valence electrons. The van der Waals surface area contributed by atoms with Crippen LogP contribution in [-0.2, 0) is 15.2 Å². The van der Waals surface area contributed by atoms with Crippen LogP contribution < -0.4 is 4.90 Å². The molecule has 2 rings (SSSR count). The van der Waals surface area contributed by atoms with Crippen LogP contribution >= 0.6 is 0 Å². The summed E-state index contributed by atoms with van der Waals surface area (Å²) < 4.78 is 75.9. The van der Waals surface area contributed by atoms with E-state index in [1.54, 1.807) is 0 Å². The SMILES string of the molecule is CC(=O)N(C=O)c1ccc(C(O)(C(F)(F)F)C(F)(F)F)cc1.CC1CCC(C)(O)C(C)[C@H]1C. The van der Waals surface area contributed by atoms with E-state index in [1.807, 2.05) is 6.92 Å². The lowest BCUT2D eigenvalue weighted by molar-refractivity contribution is -0.376. The summed E-state index contributed by atoms with van der Waals surface area (Å²) in [7, 11) is 0. The van der Waals surface area contributed by atoms with Crippen molar-refractivity contribution < 1.29 is 46.1 Å². The quantitative estimate of drug-likeness (QED) is 0.469. The number of aliphatic hydroxyl groups is 2. The monoisotopic (exact) mass is 485 g/mol. The van der Waals surface area contributed by atoms with Crippen LogP contribution in [0.2, 0.25) is 0 Å². The van der Waals surface area contributed by atoms with Gasteiger partial charge in [-0.15, -0.1) is 0 Å². The number of halogens is 6. The molecule has 5 nitrogen and oxygen atoms in total. The maximum absolute atomic E-state index is 12.6. The molecule has 1 aromatic rings. The average Bonchev–Trinajstić information content (AvgIpc) is 2.69. The summed E-state index contributed by atoms with van der Waals surface area (Å²) in [5.74, 6) is 1.11. The highest BCUT2D eigenvalue weighted by atomic mass is 19.4. The lowest BCUT2D eigenvalue weighted by atomic mass is 9.67. The van der Waals surface area contributed by atoms with Crippen LogP contribution in [-0.4, -0.2) is 40.5 Å². The van der Waals surface area contributed by atoms with Crippen molar-refractivity contribution >= 4 is 18.0 Å². The summed E-state index contributed by atoms with van der Waals surface area (Å²) >= 11 is 0. The second-order valence-corrected chi connectivity index (χ2v) is 8.77. The normalized spacial score (nSPS) is 26.2. The Labute approximate surface area is 188 Å². The van der Waals surface area contributed by atoms with E-state index in [2.05, 4.69) is 20.8 Å². The predicted molar refractivity (Wildman–Crippen MR) is 109 cm³/mol. The van der Waals surface area contributed by atoms with Gasteiger partial charge >= 0.3 is 12.4 Å². The third kappa shape index (κ3) is 6.06. The molecule has 1 aliphatic rings. The fourth-order valence-corrected chi connectivity index (χ4v) is 3.74. The van der Waals surface area contributed by atoms with Crippen LogP contribution in [0.15, 0.2) is 24.3 Å². The molecule has 11 heteroatoms. The number of carbonyl (C=O) groups is 2. The lowest BCUT2D eigenvalue weighted by Crippen LogP contribution is -2.53. The molecule has 1 aromatic carbocycles. The molecule has 0 aromatic heterocycles. The molecule has 1 saturated carbocycles. The van der Waals surface area contributed by atoms with Gasteiger partial charge in [0, 0.05) is 12.5 Å². The Morgan fingerprint density at radius 1 is 1.06 bits per heavy atom. The Morgan fingerprint density at radius 3 is 1.85 bits per heavy atom. The summed E-state index contributed by atoms with van der Waals surface area (Å²) in [6.07, 6.45) is -9.80. The van der Waals surface area contributed by atoms with Gasteiger partial charge in [0.1, 0.15) is 0 Å². The number of nitrogens with zero attached hydrogens (tertiary/aromatic N) is 1. The number of hydrogen-bond donors (Lipinski definition) is 2. The van der Waals surface area contributed by atoms with E-state index in [4.69, 9.17) is 5.11 Å². The molecule has 0 bridgehead atoms. The zero-order chi connectivity index (χ0) is 26.0. The van der Waals surface area contributed by atoms with E-state index in [9.17, 15) is 41.0 Å². The van der Waals surface area contributed by atoms with E-state index in [1.165, 1.54) is 6.42 Å². The molecule has 0 heterocycles. The van der Waals surface area contributed by atoms with Gasteiger partial charge in [-0.25, -0.2) is 0 Å². The minimum Gasteiger partial charge on any atom is -0.390 e. The van der Waals surface area contributed by atoms with Crippen LogP contribution in [0.3, 0.4) is 0 Å². The van der Waals surface area contributed by atoms with Crippen molar-refractivity contribution in [3.8, 4) is 0 Å². The van der Waals surface area contributed by atoms with Gasteiger partial charge in [-0.3, -0.25) is 14.5 Å². The molecule has 1 fully saturated rings. The largest absolute Gasteiger partial charge is 0.430 e. The summed E-state index contributed by atoms with van der Waals surface area (Å²) in [6, 6.07) is 2.06. The Balaban J connectivity index is 0.000000412. The van der Waals surface area contributed by atoms with E-state index in [0.29, 0.717) is 41.0 Å². The number of amides is 2. The van der Waals surface area contributed by atoms with Crippen molar-refractivity contribution in [2.24, 2.45) is 17.8 Å². The Bertz CT molecular complexity index is 806. The van der Waals surface area contributed by atoms with Crippen molar-refractivity contribution in [1.82, 2.24) is 0 Å². The molecular formula is C22H29F6NO4. The van der Waals surface area contributed by atoms with Crippen LogP contribution in [0.25, 0.3) is 0 Å². The Hall–Kier alpha value is -2.14. The minimum absolute atomic E-state index is 0.0526. The number of alkyl halides is 6. The van der Waals surface area contributed by atoms with Crippen molar-refractivity contribution in [2.45, 2.75) is 71.0 Å². The molecular weight excluding hydrogens is 456 g/mol. The highest BCUT2D eigenvalue weighted by Gasteiger charge is 2.71. The summed E-state index contributed by atoms with van der Waals surface area (Å²) in [5.41, 5.74) is -7.18. The van der Waals surface area contributed by atoms with Gasteiger partial charge in [-0.1, -0.05) is 32.9 Å². The Kier molecular flexibility index (Phi) is 8.76. The maximum atomic E-state index is 12.6. The van der Waals surface area contributed by atoms with Crippen molar-refractivity contribution in [1.29, 1.82) is 0 Å². The molecule has 0 radical (unpaired) electrons. The van der Waals surface area contributed by atoms with Crippen LogP contribution in [0, 0.1) is 17.8 Å². The van der Waals surface area contributed by atoms with Crippen molar-refractivity contribution in [3.05, 3.63) is 29.8 Å². The molecule has 0 saturated heterocycles. The highest BCUT2D eigenvalue weighted by Crippen LogP contribution is 2.50. The van der Waals surface area contributed by atoms with Gasteiger partial charge in [-0.2, -0.15) is 26.3 Å². The molecule has 2 amide bonds. The number of anilines is 1. The van der Waals surface area contributed by atoms with Crippen molar-refractivity contribution in [3.63, 3.8) is 0 Å². The molecule has 4 atom stereocenters. The predicted octanol–water partition coefficient (Wildman–Crippen LogP) is 4.95. The average molecular weight is 485 g/mol. The second-order valence-electron chi connectivity index (χ2n) is 8.77. The summed E-state index contributed by atoms with van der Waals surface area (Å²) in [4.78, 5) is 22.2. The molecule has 0 aliphatic heterocycles. The first-order chi connectivity index (χ1) is 14.8. The van der Waals surface area contributed by atoms with E-state index in [-0.39, 0.29) is 12.1 Å². The number of carbonyl (C=O) groups excluding carboxylic acids is 2. The first kappa shape index (κ1) is 28.9. The summed E-state index contributed by atoms with van der Waals surface area (Å²) in [6.45, 7) is 9.66. The number of imide groups is 1. The first-order valence-electron chi connectivity index (χ1n) is 10.2. The van der Waals surface area contributed by atoms with E-state index >= 15 is 0 Å². The molecule has 33 heavy (non-hydrogen) atoms. The third-order valence-electron chi connectivity index (χ3n) is 6.60. The zero-order valence-electron chi connectivity index (χ0n) is 19.0. The fourth-order valence-electron chi connectivity index (χ4n) is 3.74.